The summed E-state index contributed by atoms with van der Waals surface area (Å²) in [6.07, 6.45) is 2.04. The molecule has 2 heterocycles. The molecule has 0 aliphatic carbocycles. The van der Waals surface area contributed by atoms with Gasteiger partial charge in [0.05, 0.1) is 10.7 Å². The summed E-state index contributed by atoms with van der Waals surface area (Å²) >= 11 is 19.5. The van der Waals surface area contributed by atoms with E-state index in [2.05, 4.69) is 15.3 Å². The summed E-state index contributed by atoms with van der Waals surface area (Å²) in [7, 11) is 0. The Morgan fingerprint density at radius 1 is 1.23 bits per heavy atom. The van der Waals surface area contributed by atoms with Crippen LogP contribution in [-0.4, -0.2) is 34.0 Å². The van der Waals surface area contributed by atoms with E-state index in [0.29, 0.717) is 15.7 Å². The smallest absolute Gasteiger partial charge is 0.321 e. The van der Waals surface area contributed by atoms with Gasteiger partial charge in [-0.05, 0) is 31.0 Å². The molecule has 0 radical (unpaired) electrons. The van der Waals surface area contributed by atoms with Crippen LogP contribution in [0.15, 0.2) is 28.1 Å². The number of carbonyl (C=O) groups is 1. The lowest BCUT2D eigenvalue weighted by Gasteiger charge is -2.17. The molecule has 1 aromatic heterocycles. The van der Waals surface area contributed by atoms with Crippen molar-refractivity contribution in [3.63, 3.8) is 0 Å². The Bertz CT molecular complexity index is 896. The average molecular weight is 429 g/mol. The molecule has 3 rings (SSSR count). The molecule has 1 aromatic carbocycles. The maximum Gasteiger partial charge on any atom is 0.321 e. The summed E-state index contributed by atoms with van der Waals surface area (Å²) < 4.78 is 0. The standard InChI is InChI=1S/C16H12Cl3N5OS/c17-10-7-9(26-15-13(18)14(19)22-12(8-20)23-15)3-4-11(10)21-16(25)24-5-1-2-6-24/h3-4,7H,1-2,5-6H2,(H,21,25). The minimum Gasteiger partial charge on any atom is -0.325 e. The van der Waals surface area contributed by atoms with E-state index in [1.165, 1.54) is 11.8 Å². The minimum atomic E-state index is -0.158. The summed E-state index contributed by atoms with van der Waals surface area (Å²) in [6.45, 7) is 1.51. The summed E-state index contributed by atoms with van der Waals surface area (Å²) in [5, 5.41) is 12.7. The van der Waals surface area contributed by atoms with Gasteiger partial charge in [-0.25, -0.2) is 14.8 Å². The van der Waals surface area contributed by atoms with Crippen molar-refractivity contribution in [2.75, 3.05) is 18.4 Å². The fourth-order valence-electron chi connectivity index (χ4n) is 2.40. The van der Waals surface area contributed by atoms with Crippen molar-refractivity contribution in [3.8, 4) is 6.07 Å². The number of nitrogens with one attached hydrogen (secondary N) is 1. The first kappa shape index (κ1) is 19.1. The number of aromatic nitrogens is 2. The predicted octanol–water partition coefficient (Wildman–Crippen LogP) is 5.09. The third kappa shape index (κ3) is 4.33. The van der Waals surface area contributed by atoms with Gasteiger partial charge in [-0.2, -0.15) is 5.26 Å². The molecule has 1 aliphatic heterocycles. The lowest BCUT2D eigenvalue weighted by atomic mass is 10.3. The van der Waals surface area contributed by atoms with Crippen LogP contribution in [0.3, 0.4) is 0 Å². The first-order valence-electron chi connectivity index (χ1n) is 7.64. The van der Waals surface area contributed by atoms with Gasteiger partial charge in [0.1, 0.15) is 16.1 Å². The van der Waals surface area contributed by atoms with Crippen LogP contribution >= 0.6 is 46.6 Å². The number of nitrogens with zero attached hydrogens (tertiary/aromatic N) is 4. The second-order valence-corrected chi connectivity index (χ2v) is 7.64. The van der Waals surface area contributed by atoms with E-state index in [1.807, 2.05) is 6.07 Å². The Kier molecular flexibility index (Phi) is 6.09. The average Bonchev–Trinajstić information content (AvgIpc) is 3.15. The highest BCUT2D eigenvalue weighted by atomic mass is 35.5. The van der Waals surface area contributed by atoms with Gasteiger partial charge in [-0.1, -0.05) is 46.6 Å². The van der Waals surface area contributed by atoms with Crippen LogP contribution in [0, 0.1) is 11.3 Å². The van der Waals surface area contributed by atoms with E-state index in [1.54, 1.807) is 23.1 Å². The maximum absolute atomic E-state index is 12.2. The monoisotopic (exact) mass is 427 g/mol. The molecule has 0 unspecified atom stereocenters. The van der Waals surface area contributed by atoms with Crippen LogP contribution < -0.4 is 5.32 Å². The van der Waals surface area contributed by atoms with Gasteiger partial charge < -0.3 is 10.2 Å². The molecular formula is C16H12Cl3N5OS. The number of halogens is 3. The number of urea groups is 1. The number of likely N-dealkylation sites (tertiary alicyclic amines) is 1. The number of carbonyl (C=O) groups excluding carboxylic acids is 1. The summed E-state index contributed by atoms with van der Waals surface area (Å²) in [5.74, 6) is -0.0671. The van der Waals surface area contributed by atoms with Crippen molar-refractivity contribution in [1.82, 2.24) is 14.9 Å². The molecule has 0 bridgehead atoms. The number of benzene rings is 1. The Morgan fingerprint density at radius 2 is 1.96 bits per heavy atom. The molecule has 0 spiro atoms. The van der Waals surface area contributed by atoms with Gasteiger partial charge in [0.2, 0.25) is 5.82 Å². The molecule has 134 valence electrons. The fourth-order valence-corrected chi connectivity index (χ4v) is 3.98. The van der Waals surface area contributed by atoms with Crippen LogP contribution in [-0.2, 0) is 0 Å². The van der Waals surface area contributed by atoms with Crippen molar-refractivity contribution < 1.29 is 4.79 Å². The van der Waals surface area contributed by atoms with Gasteiger partial charge in [-0.15, -0.1) is 0 Å². The van der Waals surface area contributed by atoms with Gasteiger partial charge in [0, 0.05) is 18.0 Å². The third-order valence-electron chi connectivity index (χ3n) is 3.67. The number of hydrogen-bond acceptors (Lipinski definition) is 5. The van der Waals surface area contributed by atoms with Crippen LogP contribution in [0.25, 0.3) is 0 Å². The fraction of sp³-hybridized carbons (Fsp3) is 0.250. The second-order valence-electron chi connectivity index (χ2n) is 5.44. The van der Waals surface area contributed by atoms with Gasteiger partial charge in [0.25, 0.3) is 0 Å². The molecule has 2 aromatic rings. The normalized spacial score (nSPS) is 13.5. The molecule has 1 N–H and O–H groups in total. The lowest BCUT2D eigenvalue weighted by molar-refractivity contribution is 0.222. The quantitative estimate of drug-likeness (QED) is 0.689. The highest BCUT2D eigenvalue weighted by molar-refractivity contribution is 7.99. The summed E-state index contributed by atoms with van der Waals surface area (Å²) in [5.41, 5.74) is 0.525. The molecule has 1 aliphatic rings. The molecule has 1 saturated heterocycles. The van der Waals surface area contributed by atoms with E-state index in [0.717, 1.165) is 30.8 Å². The van der Waals surface area contributed by atoms with Crippen LogP contribution in [0.5, 0.6) is 0 Å². The molecule has 26 heavy (non-hydrogen) atoms. The van der Waals surface area contributed by atoms with E-state index >= 15 is 0 Å². The number of anilines is 1. The third-order valence-corrected chi connectivity index (χ3v) is 5.80. The zero-order valence-electron chi connectivity index (χ0n) is 13.3. The zero-order valence-corrected chi connectivity index (χ0v) is 16.4. The highest BCUT2D eigenvalue weighted by Gasteiger charge is 2.19. The van der Waals surface area contributed by atoms with Crippen LogP contribution in [0.1, 0.15) is 18.7 Å². The van der Waals surface area contributed by atoms with E-state index < -0.39 is 0 Å². The minimum absolute atomic E-state index is 0.0151. The molecule has 1 fully saturated rings. The van der Waals surface area contributed by atoms with E-state index in [9.17, 15) is 4.79 Å². The second kappa shape index (κ2) is 8.31. The topological polar surface area (TPSA) is 81.9 Å². The molecule has 0 atom stereocenters. The number of amides is 2. The van der Waals surface area contributed by atoms with Crippen molar-refractivity contribution in [3.05, 3.63) is 39.2 Å². The van der Waals surface area contributed by atoms with Gasteiger partial charge in [0.15, 0.2) is 5.15 Å². The first-order valence-corrected chi connectivity index (χ1v) is 9.59. The zero-order chi connectivity index (χ0) is 18.7. The van der Waals surface area contributed by atoms with Gasteiger partial charge in [-0.3, -0.25) is 0 Å². The predicted molar refractivity (Wildman–Crippen MR) is 102 cm³/mol. The Balaban J connectivity index is 1.77. The SMILES string of the molecule is N#Cc1nc(Cl)c(Cl)c(Sc2ccc(NC(=O)N3CCCC3)c(Cl)c2)n1. The number of hydrogen-bond donors (Lipinski definition) is 1. The molecule has 6 nitrogen and oxygen atoms in total. The lowest BCUT2D eigenvalue weighted by Crippen LogP contribution is -2.32. The largest absolute Gasteiger partial charge is 0.325 e. The van der Waals surface area contributed by atoms with Crippen LogP contribution in [0.2, 0.25) is 15.2 Å². The number of nitriles is 1. The summed E-state index contributed by atoms with van der Waals surface area (Å²) in [6, 6.07) is 6.84. The van der Waals surface area contributed by atoms with Crippen molar-refractivity contribution in [2.24, 2.45) is 0 Å². The van der Waals surface area contributed by atoms with Crippen LogP contribution in [0.4, 0.5) is 10.5 Å². The molecule has 2 amide bonds. The van der Waals surface area contributed by atoms with Gasteiger partial charge >= 0.3 is 6.03 Å². The first-order chi connectivity index (χ1) is 12.5. The number of rotatable bonds is 3. The van der Waals surface area contributed by atoms with Crippen molar-refractivity contribution >= 4 is 58.3 Å². The Hall–Kier alpha value is -1.72. The highest BCUT2D eigenvalue weighted by Crippen LogP contribution is 2.37. The maximum atomic E-state index is 12.2. The van der Waals surface area contributed by atoms with Crippen molar-refractivity contribution in [1.29, 1.82) is 5.26 Å². The molecule has 10 heteroatoms. The van der Waals surface area contributed by atoms with E-state index in [-0.39, 0.29) is 22.0 Å². The molecular weight excluding hydrogens is 417 g/mol. The van der Waals surface area contributed by atoms with E-state index in [4.69, 9.17) is 40.1 Å². The molecule has 0 saturated carbocycles. The van der Waals surface area contributed by atoms with Crippen molar-refractivity contribution in [2.45, 2.75) is 22.8 Å². The Morgan fingerprint density at radius 3 is 2.62 bits per heavy atom. The summed E-state index contributed by atoms with van der Waals surface area (Å²) in [4.78, 5) is 22.5. The Labute approximate surface area is 169 Å².